The van der Waals surface area contributed by atoms with Crippen molar-refractivity contribution in [2.24, 2.45) is 11.3 Å². The number of carbonyl (C=O) groups excluding carboxylic acids is 2. The van der Waals surface area contributed by atoms with E-state index >= 15 is 0 Å². The van der Waals surface area contributed by atoms with Gasteiger partial charge in [0.25, 0.3) is 5.91 Å². The van der Waals surface area contributed by atoms with Crippen molar-refractivity contribution in [2.75, 3.05) is 20.1 Å². The van der Waals surface area contributed by atoms with Crippen molar-refractivity contribution in [3.63, 3.8) is 0 Å². The number of nitrogens with one attached hydrogen (secondary N) is 1. The fourth-order valence-corrected chi connectivity index (χ4v) is 2.46. The lowest BCUT2D eigenvalue weighted by molar-refractivity contribution is -0.119. The number of amides is 2. The van der Waals surface area contributed by atoms with E-state index in [1.807, 2.05) is 38.1 Å². The molecule has 0 aromatic heterocycles. The van der Waals surface area contributed by atoms with Gasteiger partial charge in [-0.25, -0.2) is 0 Å². The highest BCUT2D eigenvalue weighted by Crippen LogP contribution is 2.27. The van der Waals surface area contributed by atoms with Crippen molar-refractivity contribution >= 4 is 11.8 Å². The fraction of sp³-hybridized carbons (Fsp3) is 0.500. The van der Waals surface area contributed by atoms with Crippen molar-refractivity contribution in [1.29, 1.82) is 0 Å². The van der Waals surface area contributed by atoms with Crippen LogP contribution in [0, 0.1) is 23.2 Å². The largest absolute Gasteiger partial charge is 0.356 e. The number of benzene rings is 1. The van der Waals surface area contributed by atoms with E-state index in [0.29, 0.717) is 24.6 Å². The Morgan fingerprint density at radius 1 is 1.25 bits per heavy atom. The van der Waals surface area contributed by atoms with Gasteiger partial charge in [0.2, 0.25) is 5.91 Å². The molecule has 0 aliphatic heterocycles. The summed E-state index contributed by atoms with van der Waals surface area (Å²) in [5.41, 5.74) is 1.42. The Morgan fingerprint density at radius 2 is 1.88 bits per heavy atom. The van der Waals surface area contributed by atoms with E-state index in [1.54, 1.807) is 11.9 Å². The maximum Gasteiger partial charge on any atom is 0.253 e. The molecule has 1 aromatic rings. The zero-order valence-electron chi connectivity index (χ0n) is 15.0. The standard InChI is InChI=1S/C20H26N2O2/c1-15(23)21-13-20(2,3)14-22(4)19(24)18-11-9-17(10-12-18)8-7-16-5-6-16/h9-12,16H,5-6,13-14H2,1-4H3,(H,21,23). The van der Waals surface area contributed by atoms with E-state index in [1.165, 1.54) is 19.8 Å². The molecule has 4 heteroatoms. The van der Waals surface area contributed by atoms with Crippen molar-refractivity contribution in [3.8, 4) is 11.8 Å². The van der Waals surface area contributed by atoms with Gasteiger partial charge < -0.3 is 10.2 Å². The number of rotatable bonds is 5. The zero-order valence-corrected chi connectivity index (χ0v) is 15.0. The molecule has 2 rings (SSSR count). The van der Waals surface area contributed by atoms with Gasteiger partial charge in [-0.3, -0.25) is 9.59 Å². The number of hydrogen-bond acceptors (Lipinski definition) is 2. The fourth-order valence-electron chi connectivity index (χ4n) is 2.46. The van der Waals surface area contributed by atoms with Crippen molar-refractivity contribution in [3.05, 3.63) is 35.4 Å². The van der Waals surface area contributed by atoms with Gasteiger partial charge in [-0.15, -0.1) is 0 Å². The van der Waals surface area contributed by atoms with Gasteiger partial charge in [-0.2, -0.15) is 0 Å². The molecule has 1 aromatic carbocycles. The molecule has 128 valence electrons. The van der Waals surface area contributed by atoms with Crippen LogP contribution in [-0.4, -0.2) is 36.9 Å². The predicted octanol–water partition coefficient (Wildman–Crippen LogP) is 2.68. The molecule has 0 atom stereocenters. The molecule has 1 fully saturated rings. The molecular weight excluding hydrogens is 300 g/mol. The molecule has 2 amide bonds. The third-order valence-electron chi connectivity index (χ3n) is 3.96. The van der Waals surface area contributed by atoms with E-state index in [9.17, 15) is 9.59 Å². The predicted molar refractivity (Wildman–Crippen MR) is 95.5 cm³/mol. The number of nitrogens with zero attached hydrogens (tertiary/aromatic N) is 1. The minimum absolute atomic E-state index is 0.0207. The first kappa shape index (κ1) is 18.1. The third-order valence-corrected chi connectivity index (χ3v) is 3.96. The summed E-state index contributed by atoms with van der Waals surface area (Å²) in [5.74, 6) is 6.87. The first-order chi connectivity index (χ1) is 11.3. The van der Waals surface area contributed by atoms with Gasteiger partial charge in [0, 0.05) is 44.1 Å². The summed E-state index contributed by atoms with van der Waals surface area (Å²) >= 11 is 0. The second kappa shape index (κ2) is 7.53. The molecule has 0 spiro atoms. The zero-order chi connectivity index (χ0) is 17.7. The molecule has 0 saturated heterocycles. The quantitative estimate of drug-likeness (QED) is 0.846. The number of hydrogen-bond donors (Lipinski definition) is 1. The highest BCUT2D eigenvalue weighted by Gasteiger charge is 2.23. The molecule has 4 nitrogen and oxygen atoms in total. The van der Waals surface area contributed by atoms with Crippen LogP contribution in [0.3, 0.4) is 0 Å². The molecule has 0 unspecified atom stereocenters. The van der Waals surface area contributed by atoms with Crippen LogP contribution in [0.2, 0.25) is 0 Å². The van der Waals surface area contributed by atoms with E-state index < -0.39 is 0 Å². The van der Waals surface area contributed by atoms with E-state index in [2.05, 4.69) is 17.2 Å². The average Bonchev–Trinajstić information content (AvgIpc) is 3.35. The summed E-state index contributed by atoms with van der Waals surface area (Å²) in [6, 6.07) is 7.46. The first-order valence-corrected chi connectivity index (χ1v) is 8.38. The van der Waals surface area contributed by atoms with Crippen molar-refractivity contribution < 1.29 is 9.59 Å². The lowest BCUT2D eigenvalue weighted by Crippen LogP contribution is -2.42. The van der Waals surface area contributed by atoms with Gasteiger partial charge in [-0.05, 0) is 42.5 Å². The molecule has 1 aliphatic rings. The Balaban J connectivity index is 1.94. The second-order valence-corrected chi connectivity index (χ2v) is 7.36. The van der Waals surface area contributed by atoms with Crippen LogP contribution < -0.4 is 5.32 Å². The van der Waals surface area contributed by atoms with Crippen LogP contribution in [0.1, 0.15) is 49.5 Å². The second-order valence-electron chi connectivity index (χ2n) is 7.36. The molecular formula is C20H26N2O2. The highest BCUT2D eigenvalue weighted by atomic mass is 16.2. The van der Waals surface area contributed by atoms with Gasteiger partial charge >= 0.3 is 0 Å². The first-order valence-electron chi connectivity index (χ1n) is 8.38. The maximum atomic E-state index is 12.6. The topological polar surface area (TPSA) is 49.4 Å². The summed E-state index contributed by atoms with van der Waals surface area (Å²) in [7, 11) is 1.79. The number of carbonyl (C=O) groups is 2. The molecule has 1 N–H and O–H groups in total. The summed E-state index contributed by atoms with van der Waals surface area (Å²) in [5, 5.41) is 2.81. The molecule has 1 saturated carbocycles. The average molecular weight is 326 g/mol. The van der Waals surface area contributed by atoms with Crippen molar-refractivity contribution in [2.45, 2.75) is 33.6 Å². The van der Waals surface area contributed by atoms with Crippen LogP contribution in [0.15, 0.2) is 24.3 Å². The Kier molecular flexibility index (Phi) is 5.66. The van der Waals surface area contributed by atoms with E-state index in [4.69, 9.17) is 0 Å². The molecule has 1 aliphatic carbocycles. The van der Waals surface area contributed by atoms with Crippen molar-refractivity contribution in [1.82, 2.24) is 10.2 Å². The SMILES string of the molecule is CC(=O)NCC(C)(C)CN(C)C(=O)c1ccc(C#CC2CC2)cc1. The van der Waals surface area contributed by atoms with Crippen LogP contribution in [0.4, 0.5) is 0 Å². The monoisotopic (exact) mass is 326 g/mol. The van der Waals surface area contributed by atoms with Gasteiger partial charge in [0.05, 0.1) is 0 Å². The van der Waals surface area contributed by atoms with Gasteiger partial charge in [0.1, 0.15) is 0 Å². The Hall–Kier alpha value is -2.28. The summed E-state index contributed by atoms with van der Waals surface area (Å²) in [6.07, 6.45) is 2.42. The lowest BCUT2D eigenvalue weighted by Gasteiger charge is -2.30. The molecule has 0 radical (unpaired) electrons. The Morgan fingerprint density at radius 3 is 2.42 bits per heavy atom. The summed E-state index contributed by atoms with van der Waals surface area (Å²) < 4.78 is 0. The van der Waals surface area contributed by atoms with Crippen LogP contribution >= 0.6 is 0 Å². The minimum Gasteiger partial charge on any atom is -0.356 e. The van der Waals surface area contributed by atoms with Gasteiger partial charge in [0.15, 0.2) is 0 Å². The summed E-state index contributed by atoms with van der Waals surface area (Å²) in [4.78, 5) is 25.3. The maximum absolute atomic E-state index is 12.6. The smallest absolute Gasteiger partial charge is 0.253 e. The lowest BCUT2D eigenvalue weighted by atomic mass is 9.92. The molecule has 24 heavy (non-hydrogen) atoms. The minimum atomic E-state index is -0.189. The highest BCUT2D eigenvalue weighted by molar-refractivity contribution is 5.94. The normalized spacial score (nSPS) is 13.7. The molecule has 0 bridgehead atoms. The van der Waals surface area contributed by atoms with Gasteiger partial charge in [-0.1, -0.05) is 25.7 Å². The van der Waals surface area contributed by atoms with Crippen LogP contribution in [-0.2, 0) is 4.79 Å². The van der Waals surface area contributed by atoms with E-state index in [0.717, 1.165) is 5.56 Å². The summed E-state index contributed by atoms with van der Waals surface area (Å²) in [6.45, 7) is 6.66. The molecule has 0 heterocycles. The van der Waals surface area contributed by atoms with E-state index in [-0.39, 0.29) is 17.2 Å². The Bertz CT molecular complexity index is 661. The Labute approximate surface area is 144 Å². The van der Waals surface area contributed by atoms with Crippen LogP contribution in [0.5, 0.6) is 0 Å². The third kappa shape index (κ3) is 5.73. The van der Waals surface area contributed by atoms with Crippen LogP contribution in [0.25, 0.3) is 0 Å².